The Labute approximate surface area is 204 Å². The number of carboxylic acid groups (broad SMARTS) is 2. The topological polar surface area (TPSA) is 139 Å². The van der Waals surface area contributed by atoms with Crippen LogP contribution in [0.25, 0.3) is 0 Å². The Hall–Kier alpha value is -3.53. The van der Waals surface area contributed by atoms with Gasteiger partial charge in [0.2, 0.25) is 5.91 Å². The average molecular weight is 485 g/mol. The van der Waals surface area contributed by atoms with Gasteiger partial charge >= 0.3 is 11.9 Å². The van der Waals surface area contributed by atoms with Crippen molar-refractivity contribution in [3.05, 3.63) is 77.9 Å². The number of benzene rings is 2. The molecule has 2 aromatic carbocycles. The number of amides is 1. The minimum Gasteiger partial charge on any atom is -0.478 e. The largest absolute Gasteiger partial charge is 0.478 e. The van der Waals surface area contributed by atoms with Gasteiger partial charge in [-0.15, -0.1) is 0 Å². The van der Waals surface area contributed by atoms with Gasteiger partial charge in [-0.3, -0.25) is 9.69 Å². The predicted molar refractivity (Wildman–Crippen MR) is 132 cm³/mol. The van der Waals surface area contributed by atoms with Crippen LogP contribution in [-0.4, -0.2) is 77.8 Å². The van der Waals surface area contributed by atoms with Crippen LogP contribution in [0.15, 0.2) is 66.7 Å². The smallest absolute Gasteiger partial charge is 0.328 e. The van der Waals surface area contributed by atoms with Gasteiger partial charge in [-0.2, -0.15) is 0 Å². The molecule has 1 amide bonds. The molecule has 188 valence electrons. The molecule has 9 heteroatoms. The Balaban J connectivity index is 0.000000418. The number of para-hydroxylation sites is 1. The van der Waals surface area contributed by atoms with Crippen LogP contribution >= 0.6 is 0 Å². The average Bonchev–Trinajstić information content (AvgIpc) is 3.07. The van der Waals surface area contributed by atoms with Crippen molar-refractivity contribution >= 4 is 23.5 Å². The van der Waals surface area contributed by atoms with Crippen LogP contribution in [0, 0.1) is 0 Å². The summed E-state index contributed by atoms with van der Waals surface area (Å²) < 4.78 is 5.41. The zero-order chi connectivity index (χ0) is 24.6. The maximum absolute atomic E-state index is 13.5. The third-order valence-corrected chi connectivity index (χ3v) is 6.09. The summed E-state index contributed by atoms with van der Waals surface area (Å²) in [7, 11) is 0. The number of ether oxygens (including phenoxy) is 1. The van der Waals surface area contributed by atoms with Crippen molar-refractivity contribution in [2.24, 2.45) is 0 Å². The number of aliphatic carboxylic acids is 2. The fraction of sp³-hybridized carbons (Fsp3) is 0.346. The van der Waals surface area contributed by atoms with Crippen molar-refractivity contribution in [3.63, 3.8) is 0 Å². The summed E-state index contributed by atoms with van der Waals surface area (Å²) in [6, 6.07) is 18.4. The Kier molecular flexibility index (Phi) is 10.1. The number of nitrogens with zero attached hydrogens (tertiary/aromatic N) is 2. The van der Waals surface area contributed by atoms with Crippen LogP contribution in [0.1, 0.15) is 24.5 Å². The van der Waals surface area contributed by atoms with E-state index < -0.39 is 17.4 Å². The SMILES string of the molecule is CC1(c2ccccc2)C(=O)N(CCCN2CCOCC2)c2ccccc21.O.O=C(O)/C=C\C(=O)O. The second kappa shape index (κ2) is 12.8. The highest BCUT2D eigenvalue weighted by molar-refractivity contribution is 6.10. The number of anilines is 1. The fourth-order valence-corrected chi connectivity index (χ4v) is 4.32. The number of hydrogen-bond donors (Lipinski definition) is 2. The Morgan fingerprint density at radius 2 is 1.51 bits per heavy atom. The molecule has 0 aromatic heterocycles. The standard InChI is InChI=1S/C22H26N2O2.C4H4O4.H2O/c1-22(18-8-3-2-4-9-18)19-10-5-6-11-20(19)24(21(22)25)13-7-12-23-14-16-26-17-15-23;5-3(6)1-2-4(7)8;/h2-6,8-11H,7,12-17H2,1H3;1-2H,(H,5,6)(H,7,8);1H2/b;2-1-;. The first kappa shape index (κ1) is 27.7. The number of carbonyl (C=O) groups excluding carboxylic acids is 1. The van der Waals surface area contributed by atoms with E-state index in [1.165, 1.54) is 0 Å². The Morgan fingerprint density at radius 1 is 0.943 bits per heavy atom. The van der Waals surface area contributed by atoms with Crippen LogP contribution in [-0.2, 0) is 24.5 Å². The molecule has 2 aromatic rings. The maximum atomic E-state index is 13.5. The molecule has 0 saturated carbocycles. The van der Waals surface area contributed by atoms with Crippen LogP contribution in [0.2, 0.25) is 0 Å². The molecular formula is C26H32N2O7. The lowest BCUT2D eigenvalue weighted by atomic mass is 9.77. The van der Waals surface area contributed by atoms with Crippen LogP contribution in [0.5, 0.6) is 0 Å². The molecule has 2 heterocycles. The molecule has 9 nitrogen and oxygen atoms in total. The Morgan fingerprint density at radius 3 is 2.11 bits per heavy atom. The third kappa shape index (κ3) is 6.75. The van der Waals surface area contributed by atoms with Gasteiger partial charge in [0.05, 0.1) is 18.6 Å². The highest BCUT2D eigenvalue weighted by Crippen LogP contribution is 2.45. The number of fused-ring (bicyclic) bond motifs is 1. The Bertz CT molecular complexity index is 1020. The van der Waals surface area contributed by atoms with E-state index in [4.69, 9.17) is 14.9 Å². The van der Waals surface area contributed by atoms with E-state index in [9.17, 15) is 14.4 Å². The second-order valence-electron chi connectivity index (χ2n) is 8.28. The molecule has 4 N–H and O–H groups in total. The van der Waals surface area contributed by atoms with E-state index in [2.05, 4.69) is 36.1 Å². The number of hydrogen-bond acceptors (Lipinski definition) is 5. The molecule has 1 fully saturated rings. The van der Waals surface area contributed by atoms with Crippen molar-refractivity contribution < 1.29 is 34.8 Å². The molecule has 1 atom stereocenters. The van der Waals surface area contributed by atoms with Gasteiger partial charge in [-0.25, -0.2) is 9.59 Å². The van der Waals surface area contributed by atoms with Gasteiger partial charge in [-0.05, 0) is 30.5 Å². The number of carboxylic acids is 2. The molecule has 0 spiro atoms. The number of carbonyl (C=O) groups is 3. The van der Waals surface area contributed by atoms with Crippen molar-refractivity contribution in [1.82, 2.24) is 4.90 Å². The molecule has 1 saturated heterocycles. The molecule has 0 bridgehead atoms. The van der Waals surface area contributed by atoms with Gasteiger partial charge in [0.25, 0.3) is 0 Å². The molecule has 2 aliphatic rings. The van der Waals surface area contributed by atoms with E-state index in [-0.39, 0.29) is 11.4 Å². The normalized spacial score (nSPS) is 19.5. The lowest BCUT2D eigenvalue weighted by Crippen LogP contribution is -2.41. The van der Waals surface area contributed by atoms with E-state index in [0.717, 1.165) is 62.6 Å². The summed E-state index contributed by atoms with van der Waals surface area (Å²) in [6.45, 7) is 7.45. The van der Waals surface area contributed by atoms with Crippen molar-refractivity contribution in [2.75, 3.05) is 44.3 Å². The van der Waals surface area contributed by atoms with Crippen molar-refractivity contribution in [2.45, 2.75) is 18.8 Å². The molecule has 1 unspecified atom stereocenters. The van der Waals surface area contributed by atoms with Crippen LogP contribution in [0.4, 0.5) is 5.69 Å². The van der Waals surface area contributed by atoms with Crippen molar-refractivity contribution in [3.8, 4) is 0 Å². The summed E-state index contributed by atoms with van der Waals surface area (Å²) in [5, 5.41) is 15.6. The molecule has 0 radical (unpaired) electrons. The zero-order valence-electron chi connectivity index (χ0n) is 19.7. The van der Waals surface area contributed by atoms with E-state index in [0.29, 0.717) is 12.2 Å². The van der Waals surface area contributed by atoms with Crippen molar-refractivity contribution in [1.29, 1.82) is 0 Å². The van der Waals surface area contributed by atoms with Crippen LogP contribution in [0.3, 0.4) is 0 Å². The lowest BCUT2D eigenvalue weighted by molar-refractivity contribution is -0.134. The highest BCUT2D eigenvalue weighted by atomic mass is 16.5. The van der Waals surface area contributed by atoms with E-state index in [1.807, 2.05) is 35.2 Å². The maximum Gasteiger partial charge on any atom is 0.328 e. The quantitative estimate of drug-likeness (QED) is 0.573. The number of morpholine rings is 1. The summed E-state index contributed by atoms with van der Waals surface area (Å²) in [5.74, 6) is -2.33. The molecule has 35 heavy (non-hydrogen) atoms. The van der Waals surface area contributed by atoms with E-state index in [1.54, 1.807) is 0 Å². The van der Waals surface area contributed by atoms with Gasteiger partial charge in [0.1, 0.15) is 0 Å². The highest BCUT2D eigenvalue weighted by Gasteiger charge is 2.48. The van der Waals surface area contributed by atoms with E-state index >= 15 is 0 Å². The van der Waals surface area contributed by atoms with Crippen LogP contribution < -0.4 is 4.90 Å². The predicted octanol–water partition coefficient (Wildman–Crippen LogP) is 1.95. The third-order valence-electron chi connectivity index (χ3n) is 6.09. The second-order valence-corrected chi connectivity index (χ2v) is 8.28. The van der Waals surface area contributed by atoms with Gasteiger partial charge < -0.3 is 25.3 Å². The summed E-state index contributed by atoms with van der Waals surface area (Å²) in [4.78, 5) is 37.0. The zero-order valence-corrected chi connectivity index (χ0v) is 19.7. The first-order valence-corrected chi connectivity index (χ1v) is 11.2. The summed E-state index contributed by atoms with van der Waals surface area (Å²) in [6.07, 6.45) is 2.09. The fourth-order valence-electron chi connectivity index (χ4n) is 4.32. The van der Waals surface area contributed by atoms with Gasteiger partial charge in [-0.1, -0.05) is 48.5 Å². The monoisotopic (exact) mass is 484 g/mol. The lowest BCUT2D eigenvalue weighted by Gasteiger charge is -2.28. The van der Waals surface area contributed by atoms with Gasteiger partial charge in [0.15, 0.2) is 0 Å². The summed E-state index contributed by atoms with van der Waals surface area (Å²) in [5.41, 5.74) is 2.64. The first-order chi connectivity index (χ1) is 16.3. The van der Waals surface area contributed by atoms with Gasteiger partial charge in [0, 0.05) is 44.0 Å². The molecular weight excluding hydrogens is 452 g/mol. The molecule has 2 aliphatic heterocycles. The molecule has 0 aliphatic carbocycles. The summed E-state index contributed by atoms with van der Waals surface area (Å²) >= 11 is 0. The minimum absolute atomic E-state index is 0. The minimum atomic E-state index is -1.26. The number of rotatable bonds is 7. The first-order valence-electron chi connectivity index (χ1n) is 11.2. The molecule has 4 rings (SSSR count).